The maximum absolute atomic E-state index is 13.0. The lowest BCUT2D eigenvalue weighted by Crippen LogP contribution is -2.27. The van der Waals surface area contributed by atoms with Gasteiger partial charge < -0.3 is 9.30 Å². The average molecular weight is 456 g/mol. The number of allylic oxidation sites excluding steroid dienone is 1. The highest BCUT2D eigenvalue weighted by atomic mass is 16.5. The Morgan fingerprint density at radius 2 is 1.71 bits per heavy atom. The van der Waals surface area contributed by atoms with Crippen molar-refractivity contribution < 1.29 is 14.3 Å². The van der Waals surface area contributed by atoms with E-state index in [4.69, 9.17) is 4.74 Å². The molecule has 0 unspecified atom stereocenters. The number of carbonyl (C=O) groups excluding carboxylic acids is 2. The zero-order valence-corrected chi connectivity index (χ0v) is 19.2. The van der Waals surface area contributed by atoms with Crippen molar-refractivity contribution in [3.63, 3.8) is 0 Å². The van der Waals surface area contributed by atoms with Crippen LogP contribution in [0.2, 0.25) is 0 Å². The molecule has 7 nitrogen and oxygen atoms in total. The summed E-state index contributed by atoms with van der Waals surface area (Å²) >= 11 is 0. The lowest BCUT2D eigenvalue weighted by atomic mass is 10.1. The Morgan fingerprint density at radius 3 is 2.41 bits per heavy atom. The molecule has 0 atom stereocenters. The lowest BCUT2D eigenvalue weighted by Gasteiger charge is -2.11. The number of Topliss-reactive ketones (excluding diaryl/α,β-unsaturated/α-hetero) is 1. The monoisotopic (exact) mass is 455 g/mol. The minimum Gasteiger partial charge on any atom is -0.452 e. The van der Waals surface area contributed by atoms with Gasteiger partial charge in [-0.3, -0.25) is 9.59 Å². The van der Waals surface area contributed by atoms with Gasteiger partial charge in [0, 0.05) is 28.9 Å². The maximum Gasteiger partial charge on any atom is 0.359 e. The molecule has 0 radical (unpaired) electrons. The normalized spacial score (nSPS) is 10.9. The van der Waals surface area contributed by atoms with Crippen LogP contribution in [0.5, 0.6) is 0 Å². The molecule has 0 aliphatic heterocycles. The molecule has 4 aromatic rings. The number of carbonyl (C=O) groups is 2. The molecule has 34 heavy (non-hydrogen) atoms. The quantitative estimate of drug-likeness (QED) is 0.227. The number of aromatic nitrogens is 3. The third-order valence-electron chi connectivity index (χ3n) is 5.76. The molecule has 0 spiro atoms. The minimum atomic E-state index is -0.758. The summed E-state index contributed by atoms with van der Waals surface area (Å²) in [5.74, 6) is -1.06. The molecule has 0 amide bonds. The summed E-state index contributed by atoms with van der Waals surface area (Å²) in [5, 5.41) is 5.06. The van der Waals surface area contributed by atoms with Crippen LogP contribution in [0.3, 0.4) is 0 Å². The number of esters is 1. The van der Waals surface area contributed by atoms with E-state index < -0.39 is 12.6 Å². The summed E-state index contributed by atoms with van der Waals surface area (Å²) < 4.78 is 8.58. The Labute approximate surface area is 196 Å². The largest absolute Gasteiger partial charge is 0.452 e. The predicted octanol–water partition coefficient (Wildman–Crippen LogP) is 4.09. The molecule has 0 aliphatic rings. The van der Waals surface area contributed by atoms with E-state index in [1.807, 2.05) is 48.7 Å². The van der Waals surface area contributed by atoms with Crippen LogP contribution in [-0.4, -0.2) is 32.7 Å². The zero-order valence-electron chi connectivity index (χ0n) is 19.2. The van der Waals surface area contributed by atoms with E-state index in [2.05, 4.69) is 11.7 Å². The molecular formula is C27H25N3O4. The van der Waals surface area contributed by atoms with Crippen molar-refractivity contribution in [2.45, 2.75) is 26.9 Å². The summed E-state index contributed by atoms with van der Waals surface area (Å²) in [7, 11) is 0. The molecule has 0 saturated carbocycles. The first-order valence-electron chi connectivity index (χ1n) is 10.9. The molecule has 0 N–H and O–H groups in total. The first-order chi connectivity index (χ1) is 16.4. The van der Waals surface area contributed by atoms with Gasteiger partial charge in [0.05, 0.1) is 11.9 Å². The van der Waals surface area contributed by atoms with E-state index >= 15 is 0 Å². The van der Waals surface area contributed by atoms with Gasteiger partial charge in [-0.25, -0.2) is 9.48 Å². The fourth-order valence-electron chi connectivity index (χ4n) is 4.02. The highest BCUT2D eigenvalue weighted by Crippen LogP contribution is 2.18. The number of hydrogen-bond donors (Lipinski definition) is 0. The molecule has 2 heterocycles. The van der Waals surface area contributed by atoms with Gasteiger partial charge in [-0.15, -0.1) is 6.58 Å². The van der Waals surface area contributed by atoms with Crippen molar-refractivity contribution in [2.75, 3.05) is 6.61 Å². The number of aryl methyl sites for hydroxylation is 1. The number of ketones is 1. The molecule has 0 bridgehead atoms. The Balaban J connectivity index is 1.62. The number of nitrogens with zero attached hydrogens (tertiary/aromatic N) is 3. The van der Waals surface area contributed by atoms with E-state index in [1.54, 1.807) is 36.4 Å². The van der Waals surface area contributed by atoms with Gasteiger partial charge in [0.15, 0.2) is 12.3 Å². The Kier molecular flexibility index (Phi) is 6.54. The number of hydrogen-bond acceptors (Lipinski definition) is 5. The van der Waals surface area contributed by atoms with Gasteiger partial charge in [0.1, 0.15) is 0 Å². The lowest BCUT2D eigenvalue weighted by molar-refractivity contribution is 0.0468. The maximum atomic E-state index is 13.0. The summed E-state index contributed by atoms with van der Waals surface area (Å²) in [6.07, 6.45) is 1.76. The SMILES string of the molecule is C=CCn1c(C)cc(C(=O)COC(=O)c2nn(Cc3ccccc3)c(=O)c3ccccc23)c1C. The number of benzene rings is 2. The third kappa shape index (κ3) is 4.45. The van der Waals surface area contributed by atoms with Crippen LogP contribution in [0.15, 0.2) is 78.1 Å². The van der Waals surface area contributed by atoms with Crippen LogP contribution in [-0.2, 0) is 17.8 Å². The number of rotatable bonds is 8. The molecule has 7 heteroatoms. The number of fused-ring (bicyclic) bond motifs is 1. The van der Waals surface area contributed by atoms with Crippen LogP contribution < -0.4 is 5.56 Å². The molecule has 0 aliphatic carbocycles. The smallest absolute Gasteiger partial charge is 0.359 e. The number of ether oxygens (including phenoxy) is 1. The molecule has 0 saturated heterocycles. The first-order valence-corrected chi connectivity index (χ1v) is 10.9. The fourth-order valence-corrected chi connectivity index (χ4v) is 4.02. The third-order valence-corrected chi connectivity index (χ3v) is 5.76. The second-order valence-corrected chi connectivity index (χ2v) is 8.03. The van der Waals surface area contributed by atoms with Gasteiger partial charge >= 0.3 is 5.97 Å². The topological polar surface area (TPSA) is 83.2 Å². The van der Waals surface area contributed by atoms with E-state index in [0.29, 0.717) is 22.9 Å². The van der Waals surface area contributed by atoms with Crippen LogP contribution in [0.4, 0.5) is 0 Å². The summed E-state index contributed by atoms with van der Waals surface area (Å²) in [5.41, 5.74) is 2.78. The highest BCUT2D eigenvalue weighted by Gasteiger charge is 2.21. The predicted molar refractivity (Wildman–Crippen MR) is 130 cm³/mol. The van der Waals surface area contributed by atoms with Gasteiger partial charge in [0.2, 0.25) is 5.78 Å². The molecule has 172 valence electrons. The van der Waals surface area contributed by atoms with Crippen molar-refractivity contribution in [2.24, 2.45) is 0 Å². The first kappa shape index (κ1) is 22.9. The second kappa shape index (κ2) is 9.70. The van der Waals surface area contributed by atoms with E-state index in [9.17, 15) is 14.4 Å². The van der Waals surface area contributed by atoms with Crippen molar-refractivity contribution >= 4 is 22.5 Å². The molecular weight excluding hydrogens is 430 g/mol. The Hall–Kier alpha value is -4.26. The van der Waals surface area contributed by atoms with Gasteiger partial charge in [-0.1, -0.05) is 54.6 Å². The van der Waals surface area contributed by atoms with Crippen molar-refractivity contribution in [3.05, 3.63) is 112 Å². The zero-order chi connectivity index (χ0) is 24.2. The van der Waals surface area contributed by atoms with Crippen LogP contribution in [0.25, 0.3) is 10.8 Å². The van der Waals surface area contributed by atoms with Crippen molar-refractivity contribution in [1.29, 1.82) is 0 Å². The van der Waals surface area contributed by atoms with Gasteiger partial charge in [-0.05, 0) is 31.5 Å². The Morgan fingerprint density at radius 1 is 1.03 bits per heavy atom. The standard InChI is InChI=1S/C27H25N3O4/c1-4-14-29-18(2)15-23(19(29)3)24(31)17-34-27(33)25-21-12-8-9-13-22(21)26(32)30(28-25)16-20-10-6-5-7-11-20/h4-13,15H,1,14,16-17H2,2-3H3. The van der Waals surface area contributed by atoms with Crippen LogP contribution >= 0.6 is 0 Å². The molecule has 2 aromatic heterocycles. The Bertz CT molecular complexity index is 1450. The summed E-state index contributed by atoms with van der Waals surface area (Å²) in [6.45, 7) is 7.87. The van der Waals surface area contributed by atoms with E-state index in [0.717, 1.165) is 17.0 Å². The van der Waals surface area contributed by atoms with Crippen LogP contribution in [0, 0.1) is 13.8 Å². The van der Waals surface area contributed by atoms with E-state index in [-0.39, 0.29) is 23.6 Å². The van der Waals surface area contributed by atoms with E-state index in [1.165, 1.54) is 4.68 Å². The van der Waals surface area contributed by atoms with Crippen molar-refractivity contribution in [3.8, 4) is 0 Å². The average Bonchev–Trinajstić information content (AvgIpc) is 3.13. The minimum absolute atomic E-state index is 0.00365. The van der Waals surface area contributed by atoms with Crippen LogP contribution in [0.1, 0.15) is 37.8 Å². The van der Waals surface area contributed by atoms with Gasteiger partial charge in [-0.2, -0.15) is 5.10 Å². The molecule has 4 rings (SSSR count). The fraction of sp³-hybridized carbons (Fsp3) is 0.185. The van der Waals surface area contributed by atoms with Crippen molar-refractivity contribution in [1.82, 2.24) is 14.3 Å². The van der Waals surface area contributed by atoms with Gasteiger partial charge in [0.25, 0.3) is 5.56 Å². The highest BCUT2D eigenvalue weighted by molar-refractivity contribution is 6.04. The summed E-state index contributed by atoms with van der Waals surface area (Å²) in [4.78, 5) is 38.8. The summed E-state index contributed by atoms with van der Waals surface area (Å²) in [6, 6.07) is 17.9. The molecule has 0 fully saturated rings. The second-order valence-electron chi connectivity index (χ2n) is 8.03. The molecule has 2 aromatic carbocycles.